The van der Waals surface area contributed by atoms with Crippen LogP contribution in [0.5, 0.6) is 0 Å². The molecule has 6 nitrogen and oxygen atoms in total. The van der Waals surface area contributed by atoms with E-state index in [-0.39, 0.29) is 23.5 Å². The van der Waals surface area contributed by atoms with Crippen LogP contribution in [0.15, 0.2) is 36.4 Å². The van der Waals surface area contributed by atoms with Gasteiger partial charge in [-0.1, -0.05) is 0 Å². The Balaban J connectivity index is 1.67. The fraction of sp³-hybridized carbons (Fsp3) is 0.375. The van der Waals surface area contributed by atoms with Gasteiger partial charge in [0.25, 0.3) is 5.91 Å². The van der Waals surface area contributed by atoms with E-state index >= 15 is 0 Å². The summed E-state index contributed by atoms with van der Waals surface area (Å²) < 4.78 is 60.4. The summed E-state index contributed by atoms with van der Waals surface area (Å²) in [4.78, 5) is 28.0. The molecule has 0 N–H and O–H groups in total. The van der Waals surface area contributed by atoms with Crippen LogP contribution in [-0.4, -0.2) is 29.5 Å². The molecule has 0 radical (unpaired) electrons. The van der Waals surface area contributed by atoms with E-state index in [9.17, 15) is 27.2 Å². The standard InChI is InChI=1S/C24H21F4N3O3S/c1-23(2)21(33)30(15-6-5-14(11-29)18(9-15)24(26,27)28)22(35)31(23)16-7-8-17(19(25)10-16)20(32)34-12-13-3-4-13/h5-10,13,22,35H,3-4,12H2,1-2H3. The summed E-state index contributed by atoms with van der Waals surface area (Å²) in [7, 11) is 0. The summed E-state index contributed by atoms with van der Waals surface area (Å²) in [6, 6.07) is 8.18. The van der Waals surface area contributed by atoms with Crippen molar-refractivity contribution in [1.29, 1.82) is 5.26 Å². The number of esters is 1. The molecule has 0 aromatic heterocycles. The molecule has 1 heterocycles. The van der Waals surface area contributed by atoms with Gasteiger partial charge in [-0.3, -0.25) is 9.69 Å². The van der Waals surface area contributed by atoms with Crippen molar-refractivity contribution in [2.75, 3.05) is 16.4 Å². The Bertz CT molecular complexity index is 1240. The summed E-state index contributed by atoms with van der Waals surface area (Å²) in [5.41, 5.74) is -4.34. The molecule has 35 heavy (non-hydrogen) atoms. The smallest absolute Gasteiger partial charge is 0.417 e. The van der Waals surface area contributed by atoms with Crippen LogP contribution in [0.2, 0.25) is 0 Å². The molecule has 1 saturated carbocycles. The zero-order chi connectivity index (χ0) is 25.7. The number of hydrogen-bond acceptors (Lipinski definition) is 6. The van der Waals surface area contributed by atoms with Crippen molar-refractivity contribution in [2.45, 2.75) is 43.9 Å². The van der Waals surface area contributed by atoms with Crippen molar-refractivity contribution in [3.63, 3.8) is 0 Å². The first-order chi connectivity index (χ1) is 16.4. The van der Waals surface area contributed by atoms with E-state index in [0.29, 0.717) is 5.92 Å². The highest BCUT2D eigenvalue weighted by Gasteiger charge is 2.52. The SMILES string of the molecule is CC1(C)C(=O)N(c2ccc(C#N)c(C(F)(F)F)c2)C(S)N1c1ccc(C(=O)OCC2CC2)c(F)c1. The molecule has 1 atom stereocenters. The normalized spacial score (nSPS) is 19.6. The third kappa shape index (κ3) is 4.55. The zero-order valence-corrected chi connectivity index (χ0v) is 19.7. The number of alkyl halides is 3. The van der Waals surface area contributed by atoms with Gasteiger partial charge in [0.15, 0.2) is 5.50 Å². The second-order valence-corrected chi connectivity index (χ2v) is 9.46. The van der Waals surface area contributed by atoms with E-state index in [1.807, 2.05) is 0 Å². The van der Waals surface area contributed by atoms with E-state index in [1.165, 1.54) is 43.0 Å². The van der Waals surface area contributed by atoms with E-state index in [4.69, 9.17) is 10.00 Å². The third-order valence-electron chi connectivity index (χ3n) is 6.11. The van der Waals surface area contributed by atoms with Crippen molar-refractivity contribution in [1.82, 2.24) is 0 Å². The van der Waals surface area contributed by atoms with Gasteiger partial charge in [-0.25, -0.2) is 9.18 Å². The molecule has 1 unspecified atom stereocenters. The first kappa shape index (κ1) is 24.9. The molecule has 2 aromatic rings. The minimum Gasteiger partial charge on any atom is -0.462 e. The zero-order valence-electron chi connectivity index (χ0n) is 18.8. The first-order valence-electron chi connectivity index (χ1n) is 10.8. The number of anilines is 2. The highest BCUT2D eigenvalue weighted by Crippen LogP contribution is 2.42. The van der Waals surface area contributed by atoms with Crippen LogP contribution in [-0.2, 0) is 15.7 Å². The van der Waals surface area contributed by atoms with Crippen molar-refractivity contribution in [2.24, 2.45) is 5.92 Å². The number of hydrogen-bond donors (Lipinski definition) is 1. The van der Waals surface area contributed by atoms with Crippen molar-refractivity contribution < 1.29 is 31.9 Å². The first-order valence-corrected chi connectivity index (χ1v) is 11.3. The van der Waals surface area contributed by atoms with Gasteiger partial charge in [0.05, 0.1) is 29.4 Å². The van der Waals surface area contributed by atoms with E-state index in [1.54, 1.807) is 0 Å². The maximum Gasteiger partial charge on any atom is 0.417 e. The number of carbonyl (C=O) groups excluding carboxylic acids is 2. The number of benzene rings is 2. The van der Waals surface area contributed by atoms with Crippen molar-refractivity contribution in [3.05, 3.63) is 58.9 Å². The lowest BCUT2D eigenvalue weighted by molar-refractivity contribution is -0.137. The Morgan fingerprint density at radius 1 is 1.20 bits per heavy atom. The number of carbonyl (C=O) groups is 2. The minimum absolute atomic E-state index is 0.113. The van der Waals surface area contributed by atoms with Gasteiger partial charge in [0.1, 0.15) is 11.4 Å². The van der Waals surface area contributed by atoms with Gasteiger partial charge in [-0.15, -0.1) is 12.6 Å². The van der Waals surface area contributed by atoms with Gasteiger partial charge >= 0.3 is 12.1 Å². The molecular formula is C24H21F4N3O3S. The molecule has 1 amide bonds. The number of rotatable bonds is 5. The Morgan fingerprint density at radius 3 is 2.43 bits per heavy atom. The molecule has 184 valence electrons. The number of thiol groups is 1. The third-order valence-corrected chi connectivity index (χ3v) is 6.57. The van der Waals surface area contributed by atoms with Gasteiger partial charge in [-0.2, -0.15) is 18.4 Å². The maximum atomic E-state index is 14.9. The van der Waals surface area contributed by atoms with Crippen molar-refractivity contribution in [3.8, 4) is 6.07 Å². The largest absolute Gasteiger partial charge is 0.462 e. The van der Waals surface area contributed by atoms with Crippen LogP contribution < -0.4 is 9.80 Å². The van der Waals surface area contributed by atoms with E-state index < -0.39 is 46.0 Å². The molecule has 1 saturated heterocycles. The topological polar surface area (TPSA) is 73.6 Å². The number of ether oxygens (including phenoxy) is 1. The lowest BCUT2D eigenvalue weighted by Gasteiger charge is -2.33. The lowest BCUT2D eigenvalue weighted by atomic mass is 10.0. The van der Waals surface area contributed by atoms with Crippen LogP contribution in [0, 0.1) is 23.1 Å². The lowest BCUT2D eigenvalue weighted by Crippen LogP contribution is -2.45. The van der Waals surface area contributed by atoms with E-state index in [2.05, 4.69) is 12.6 Å². The average Bonchev–Trinajstić information content (AvgIpc) is 3.59. The van der Waals surface area contributed by atoms with Crippen LogP contribution in [0.3, 0.4) is 0 Å². The molecule has 1 aliphatic carbocycles. The summed E-state index contributed by atoms with van der Waals surface area (Å²) >= 11 is 4.47. The molecule has 2 aromatic carbocycles. The summed E-state index contributed by atoms with van der Waals surface area (Å²) in [5, 5.41) is 9.04. The Labute approximate surface area is 204 Å². The molecule has 1 aliphatic heterocycles. The predicted molar refractivity (Wildman–Crippen MR) is 122 cm³/mol. The molecule has 0 spiro atoms. The van der Waals surface area contributed by atoms with Crippen molar-refractivity contribution >= 4 is 35.9 Å². The summed E-state index contributed by atoms with van der Waals surface area (Å²) in [5.74, 6) is -1.92. The number of nitriles is 1. The summed E-state index contributed by atoms with van der Waals surface area (Å²) in [6.45, 7) is 3.29. The maximum absolute atomic E-state index is 14.9. The molecule has 4 rings (SSSR count). The highest BCUT2D eigenvalue weighted by atomic mass is 32.1. The van der Waals surface area contributed by atoms with Gasteiger partial charge in [-0.05, 0) is 69.0 Å². The molecule has 2 fully saturated rings. The highest BCUT2D eigenvalue weighted by molar-refractivity contribution is 7.81. The number of nitrogens with zero attached hydrogens (tertiary/aromatic N) is 3. The minimum atomic E-state index is -4.81. The number of halogens is 4. The fourth-order valence-corrected chi connectivity index (χ4v) is 4.66. The van der Waals surface area contributed by atoms with Gasteiger partial charge in [0.2, 0.25) is 0 Å². The van der Waals surface area contributed by atoms with Gasteiger partial charge in [0, 0.05) is 11.4 Å². The van der Waals surface area contributed by atoms with Gasteiger partial charge < -0.3 is 9.64 Å². The Kier molecular flexibility index (Phi) is 6.21. The number of amides is 1. The Morgan fingerprint density at radius 2 is 1.86 bits per heavy atom. The monoisotopic (exact) mass is 507 g/mol. The quantitative estimate of drug-likeness (QED) is 0.345. The van der Waals surface area contributed by atoms with E-state index in [0.717, 1.165) is 35.9 Å². The average molecular weight is 508 g/mol. The predicted octanol–water partition coefficient (Wildman–Crippen LogP) is 5.13. The Hall–Kier alpha value is -3.26. The molecule has 2 aliphatic rings. The molecule has 0 bridgehead atoms. The fourth-order valence-electron chi connectivity index (χ4n) is 4.00. The molecular weight excluding hydrogens is 486 g/mol. The second-order valence-electron chi connectivity index (χ2n) is 9.00. The van der Waals surface area contributed by atoms with Crippen LogP contribution in [0.1, 0.15) is 48.2 Å². The molecule has 11 heteroatoms. The van der Waals surface area contributed by atoms with Crippen LogP contribution >= 0.6 is 12.6 Å². The second kappa shape index (κ2) is 8.75. The summed E-state index contributed by atoms with van der Waals surface area (Å²) in [6.07, 6.45) is -2.87. The van der Waals surface area contributed by atoms with Crippen LogP contribution in [0.25, 0.3) is 0 Å². The van der Waals surface area contributed by atoms with Crippen LogP contribution in [0.4, 0.5) is 28.9 Å².